The third-order valence-electron chi connectivity index (χ3n) is 5.86. The first-order valence-corrected chi connectivity index (χ1v) is 11.8. The molecule has 5 nitrogen and oxygen atoms in total. The average molecular weight is 547 g/mol. The van der Waals surface area contributed by atoms with E-state index in [2.05, 4.69) is 60.8 Å². The maximum absolute atomic E-state index is 13.5. The highest BCUT2D eigenvalue weighted by molar-refractivity contribution is 9.13. The zero-order valence-corrected chi connectivity index (χ0v) is 20.2. The van der Waals surface area contributed by atoms with Crippen molar-refractivity contribution >= 4 is 49.2 Å². The number of carbonyl (C=O) groups is 1. The molecule has 1 aliphatic heterocycles. The smallest absolute Gasteiger partial charge is 0.317 e. The molecular weight excluding hydrogens is 527 g/mol. The van der Waals surface area contributed by atoms with Crippen molar-refractivity contribution in [2.75, 3.05) is 7.05 Å². The van der Waals surface area contributed by atoms with Crippen molar-refractivity contribution in [2.24, 2.45) is 0 Å². The number of hydrogen-bond donors (Lipinski definition) is 1. The molecule has 158 valence electrons. The Morgan fingerprint density at radius 3 is 2.58 bits per heavy atom. The lowest BCUT2D eigenvalue weighted by atomic mass is 9.97. The van der Waals surface area contributed by atoms with Gasteiger partial charge in [0.05, 0.1) is 0 Å². The number of nitrogens with one attached hydrogen (secondary N) is 1. The Labute approximate surface area is 195 Å². The summed E-state index contributed by atoms with van der Waals surface area (Å²) in [6.45, 7) is 2.86. The predicted octanol–water partition coefficient (Wildman–Crippen LogP) is 3.80. The van der Waals surface area contributed by atoms with E-state index in [-0.39, 0.29) is 11.7 Å². The molecule has 3 aromatic rings. The standard InChI is InChI=1S/C23H19Br2FN4O/c1-3-29-21(25)20(24)28-22(29)16-11-18-17(10-15(16)12-4-5-12)19(23(31)27-2)30(18)14-8-6-13(26)7-9-14/h6-12H,3-5H2,1-2H3/p+1. The minimum atomic E-state index is -0.310. The van der Waals surface area contributed by atoms with E-state index >= 15 is 0 Å². The number of halogens is 3. The molecular formula is C23H20Br2FN4O+. The van der Waals surface area contributed by atoms with Gasteiger partial charge in [0.15, 0.2) is 0 Å². The van der Waals surface area contributed by atoms with Crippen molar-refractivity contribution < 1.29 is 9.18 Å². The van der Waals surface area contributed by atoms with Gasteiger partial charge in [-0.2, -0.15) is 0 Å². The lowest BCUT2D eigenvalue weighted by Crippen LogP contribution is -2.53. The molecule has 31 heavy (non-hydrogen) atoms. The van der Waals surface area contributed by atoms with Crippen LogP contribution in [0.25, 0.3) is 17.1 Å². The van der Waals surface area contributed by atoms with E-state index in [0.29, 0.717) is 11.6 Å². The minimum Gasteiger partial charge on any atom is -0.350 e. The number of aromatic nitrogens is 2. The van der Waals surface area contributed by atoms with E-state index in [1.807, 2.05) is 4.58 Å². The van der Waals surface area contributed by atoms with Crippen LogP contribution in [0.15, 0.2) is 45.6 Å². The largest absolute Gasteiger partial charge is 0.350 e. The Morgan fingerprint density at radius 2 is 1.97 bits per heavy atom. The van der Waals surface area contributed by atoms with Crippen LogP contribution in [0.1, 0.15) is 31.2 Å². The molecule has 0 radical (unpaired) electrons. The first-order valence-electron chi connectivity index (χ1n) is 10.2. The van der Waals surface area contributed by atoms with Crippen molar-refractivity contribution in [3.8, 4) is 11.4 Å². The van der Waals surface area contributed by atoms with Crippen LogP contribution >= 0.6 is 31.9 Å². The van der Waals surface area contributed by atoms with Crippen LogP contribution < -0.4 is 20.5 Å². The van der Waals surface area contributed by atoms with E-state index < -0.39 is 0 Å². The highest BCUT2D eigenvalue weighted by Gasteiger charge is 2.38. The molecule has 0 bridgehead atoms. The highest BCUT2D eigenvalue weighted by Crippen LogP contribution is 2.44. The van der Waals surface area contributed by atoms with E-state index in [0.717, 1.165) is 56.2 Å². The lowest BCUT2D eigenvalue weighted by Gasteiger charge is -2.16. The summed E-state index contributed by atoms with van der Waals surface area (Å²) in [6, 6.07) is 10.5. The fraction of sp³-hybridized carbons (Fsp3) is 0.261. The topological polar surface area (TPSA) is 49.9 Å². The predicted molar refractivity (Wildman–Crippen MR) is 125 cm³/mol. The summed E-state index contributed by atoms with van der Waals surface area (Å²) in [6.07, 6.45) is 2.27. The zero-order chi connectivity index (χ0) is 21.9. The third-order valence-corrected chi connectivity index (χ3v) is 7.74. The normalized spacial score (nSPS) is 15.0. The number of benzene rings is 2. The minimum absolute atomic E-state index is 0.160. The molecule has 2 aliphatic rings. The van der Waals surface area contributed by atoms with Crippen LogP contribution in [-0.2, 0) is 11.3 Å². The fourth-order valence-electron chi connectivity index (χ4n) is 4.19. The first kappa shape index (κ1) is 20.6. The number of rotatable bonds is 5. The van der Waals surface area contributed by atoms with Crippen LogP contribution in [0.5, 0.6) is 0 Å². The number of hydrogen-bond acceptors (Lipinski definition) is 2. The van der Waals surface area contributed by atoms with Gasteiger partial charge in [-0.05, 0) is 81.3 Å². The van der Waals surface area contributed by atoms with Crippen LogP contribution in [0.4, 0.5) is 10.1 Å². The van der Waals surface area contributed by atoms with Gasteiger partial charge < -0.3 is 9.88 Å². The van der Waals surface area contributed by atoms with Gasteiger partial charge in [0, 0.05) is 37.4 Å². The molecule has 1 aliphatic carbocycles. The summed E-state index contributed by atoms with van der Waals surface area (Å²) in [5.41, 5.74) is 3.62. The second-order valence-corrected chi connectivity index (χ2v) is 9.23. The molecule has 2 heterocycles. The van der Waals surface area contributed by atoms with Crippen molar-refractivity contribution in [1.29, 1.82) is 0 Å². The monoisotopic (exact) mass is 545 g/mol. The number of imidazole rings is 1. The van der Waals surface area contributed by atoms with Crippen LogP contribution in [0, 0.1) is 5.82 Å². The van der Waals surface area contributed by atoms with Crippen LogP contribution in [0.3, 0.4) is 0 Å². The maximum atomic E-state index is 13.5. The fourth-order valence-corrected chi connectivity index (χ4v) is 5.08. The number of nitrogens with zero attached hydrogens (tertiary/aromatic N) is 3. The van der Waals surface area contributed by atoms with Crippen molar-refractivity contribution in [1.82, 2.24) is 19.4 Å². The summed E-state index contributed by atoms with van der Waals surface area (Å²) in [5, 5.41) is 4.58. The molecule has 2 aromatic carbocycles. The molecule has 5 rings (SSSR count). The quantitative estimate of drug-likeness (QED) is 0.495. The van der Waals surface area contributed by atoms with E-state index in [9.17, 15) is 9.18 Å². The molecule has 0 unspecified atom stereocenters. The Kier molecular flexibility index (Phi) is 5.09. The van der Waals surface area contributed by atoms with E-state index in [1.165, 1.54) is 17.7 Å². The second-order valence-electron chi connectivity index (χ2n) is 7.73. The van der Waals surface area contributed by atoms with Gasteiger partial charge in [0.1, 0.15) is 26.1 Å². The molecule has 0 atom stereocenters. The van der Waals surface area contributed by atoms with Gasteiger partial charge >= 0.3 is 5.91 Å². The number of carbonyl (C=O) groups excluding carboxylic acids is 1. The Hall–Kier alpha value is -2.32. The first-order chi connectivity index (χ1) is 14.9. The van der Waals surface area contributed by atoms with Gasteiger partial charge in [-0.15, -0.1) is 4.58 Å². The molecule has 1 N–H and O–H groups in total. The Balaban J connectivity index is 1.82. The summed E-state index contributed by atoms with van der Waals surface area (Å²) in [7, 11) is 1.62. The number of likely N-dealkylation sites (N-methyl/N-ethyl adjacent to an activating group) is 1. The summed E-state index contributed by atoms with van der Waals surface area (Å²) in [5.74, 6) is 0.895. The Morgan fingerprint density at radius 1 is 1.26 bits per heavy atom. The van der Waals surface area contributed by atoms with Gasteiger partial charge in [-0.3, -0.25) is 4.79 Å². The highest BCUT2D eigenvalue weighted by atomic mass is 79.9. The number of amides is 1. The van der Waals surface area contributed by atoms with E-state index in [1.54, 1.807) is 19.2 Å². The van der Waals surface area contributed by atoms with E-state index in [4.69, 9.17) is 4.98 Å². The van der Waals surface area contributed by atoms with Gasteiger partial charge in [-0.1, -0.05) is 0 Å². The van der Waals surface area contributed by atoms with Crippen molar-refractivity contribution in [3.05, 3.63) is 67.6 Å². The number of fused-ring (bicyclic) bond motifs is 1. The maximum Gasteiger partial charge on any atom is 0.317 e. The molecule has 0 saturated heterocycles. The summed E-state index contributed by atoms with van der Waals surface area (Å²) >= 11 is 7.17. The zero-order valence-electron chi connectivity index (χ0n) is 17.0. The lowest BCUT2D eigenvalue weighted by molar-refractivity contribution is -0.115. The van der Waals surface area contributed by atoms with Gasteiger partial charge in [0.2, 0.25) is 11.0 Å². The molecule has 1 saturated carbocycles. The van der Waals surface area contributed by atoms with Crippen LogP contribution in [0.2, 0.25) is 0 Å². The molecule has 1 aromatic heterocycles. The Bertz CT molecular complexity index is 1360. The summed E-state index contributed by atoms with van der Waals surface area (Å²) < 4.78 is 19.2. The molecule has 1 amide bonds. The van der Waals surface area contributed by atoms with Crippen molar-refractivity contribution in [2.45, 2.75) is 32.2 Å². The molecule has 1 fully saturated rings. The molecule has 0 spiro atoms. The van der Waals surface area contributed by atoms with Crippen molar-refractivity contribution in [3.63, 3.8) is 0 Å². The molecule has 8 heteroatoms. The summed E-state index contributed by atoms with van der Waals surface area (Å²) in [4.78, 5) is 17.5. The van der Waals surface area contributed by atoms with Gasteiger partial charge in [0.25, 0.3) is 5.70 Å². The SMILES string of the molecule is CCn1c(-c2cc3c(cc2C2CC2)=C(C(=O)NC)[N+]=3c2ccc(F)cc2)nc(Br)c1Br. The second kappa shape index (κ2) is 7.67. The van der Waals surface area contributed by atoms with Crippen LogP contribution in [-0.4, -0.2) is 22.5 Å². The average Bonchev–Trinajstić information content (AvgIpc) is 3.56. The third kappa shape index (κ3) is 3.27. The van der Waals surface area contributed by atoms with Gasteiger partial charge in [-0.25, -0.2) is 9.37 Å².